The van der Waals surface area contributed by atoms with Crippen LogP contribution in [0.1, 0.15) is 60.0 Å². The molecule has 0 aliphatic rings. The zero-order valence-electron chi connectivity index (χ0n) is 19.3. The standard InChI is InChI=1S/C25H25F2N5O3/c1-3-6-19(17-8-5-4-7-16(17)14(2)33)32-13-29-22-23(32)30-21(31-24(22)34)12-15-9-10-20(18(28)11-15)35-25(26)27/h4-5,7-11,13,19,25H,3,6,12,28H2,1-2H3,(H,30,31,34). The molecule has 0 bridgehead atoms. The van der Waals surface area contributed by atoms with Crippen LogP contribution in [0.15, 0.2) is 53.6 Å². The quantitative estimate of drug-likeness (QED) is 0.269. The van der Waals surface area contributed by atoms with E-state index in [4.69, 9.17) is 5.73 Å². The molecule has 0 fully saturated rings. The number of imidazole rings is 1. The molecule has 0 radical (unpaired) electrons. The van der Waals surface area contributed by atoms with E-state index in [1.165, 1.54) is 19.1 Å². The summed E-state index contributed by atoms with van der Waals surface area (Å²) in [5, 5.41) is 0. The monoisotopic (exact) mass is 481 g/mol. The Balaban J connectivity index is 1.75. The second-order valence-corrected chi connectivity index (χ2v) is 8.21. The van der Waals surface area contributed by atoms with Crippen LogP contribution >= 0.6 is 0 Å². The molecule has 1 atom stereocenters. The number of aromatic amines is 1. The van der Waals surface area contributed by atoms with Crippen LogP contribution in [0, 0.1) is 0 Å². The fourth-order valence-electron chi connectivity index (χ4n) is 4.21. The van der Waals surface area contributed by atoms with Gasteiger partial charge in [-0.1, -0.05) is 43.7 Å². The summed E-state index contributed by atoms with van der Waals surface area (Å²) in [4.78, 5) is 36.7. The number of carbonyl (C=O) groups excluding carboxylic acids is 1. The predicted octanol–water partition coefficient (Wildman–Crippen LogP) is 4.49. The van der Waals surface area contributed by atoms with E-state index >= 15 is 0 Å². The maximum absolute atomic E-state index is 12.8. The maximum atomic E-state index is 12.8. The molecule has 0 spiro atoms. The van der Waals surface area contributed by atoms with Crippen molar-refractivity contribution in [2.75, 3.05) is 5.73 Å². The summed E-state index contributed by atoms with van der Waals surface area (Å²) in [5.74, 6) is 0.195. The first-order valence-electron chi connectivity index (χ1n) is 11.2. The number of ether oxygens (including phenoxy) is 1. The van der Waals surface area contributed by atoms with Crippen molar-refractivity contribution in [2.45, 2.75) is 45.8 Å². The summed E-state index contributed by atoms with van der Waals surface area (Å²) in [6.07, 6.45) is 3.32. The van der Waals surface area contributed by atoms with E-state index in [-0.39, 0.29) is 35.2 Å². The lowest BCUT2D eigenvalue weighted by atomic mass is 9.95. The van der Waals surface area contributed by atoms with E-state index in [0.717, 1.165) is 12.0 Å². The van der Waals surface area contributed by atoms with E-state index in [9.17, 15) is 18.4 Å². The number of hydrogen-bond acceptors (Lipinski definition) is 6. The average molecular weight is 482 g/mol. The molecule has 2 aromatic heterocycles. The third kappa shape index (κ3) is 5.06. The van der Waals surface area contributed by atoms with Gasteiger partial charge in [0.1, 0.15) is 11.6 Å². The number of carbonyl (C=O) groups is 1. The van der Waals surface area contributed by atoms with Gasteiger partial charge in [0.25, 0.3) is 5.56 Å². The lowest BCUT2D eigenvalue weighted by Gasteiger charge is -2.21. The van der Waals surface area contributed by atoms with Crippen LogP contribution in [0.25, 0.3) is 11.2 Å². The van der Waals surface area contributed by atoms with Crippen molar-refractivity contribution < 1.29 is 18.3 Å². The fourth-order valence-corrected chi connectivity index (χ4v) is 4.21. The van der Waals surface area contributed by atoms with Gasteiger partial charge < -0.3 is 20.0 Å². The number of aromatic nitrogens is 4. The minimum atomic E-state index is -2.98. The number of nitrogens with zero attached hydrogens (tertiary/aromatic N) is 3. The summed E-state index contributed by atoms with van der Waals surface area (Å²) in [7, 11) is 0. The van der Waals surface area contributed by atoms with Gasteiger partial charge in [0.15, 0.2) is 16.9 Å². The van der Waals surface area contributed by atoms with Gasteiger partial charge >= 0.3 is 6.61 Å². The third-order valence-electron chi connectivity index (χ3n) is 5.74. The molecule has 2 heterocycles. The molecule has 8 nitrogen and oxygen atoms in total. The van der Waals surface area contributed by atoms with Crippen molar-refractivity contribution >= 4 is 22.6 Å². The SMILES string of the molecule is CCCC(c1ccccc1C(C)=O)n1cnc2c(=O)[nH]c(Cc3ccc(OC(F)F)c(N)c3)nc21. The molecular weight excluding hydrogens is 456 g/mol. The van der Waals surface area contributed by atoms with E-state index in [1.54, 1.807) is 18.5 Å². The number of H-pyrrole nitrogens is 1. The molecule has 0 amide bonds. The van der Waals surface area contributed by atoms with Crippen LogP contribution in [0.4, 0.5) is 14.5 Å². The molecule has 2 aromatic carbocycles. The number of fused-ring (bicyclic) bond motifs is 1. The highest BCUT2D eigenvalue weighted by Crippen LogP contribution is 2.29. The number of alkyl halides is 2. The van der Waals surface area contributed by atoms with Crippen molar-refractivity contribution in [1.82, 2.24) is 19.5 Å². The number of nitrogens with two attached hydrogens (primary N) is 1. The first-order chi connectivity index (χ1) is 16.8. The Morgan fingerprint density at radius 2 is 2.00 bits per heavy atom. The van der Waals surface area contributed by atoms with Crippen molar-refractivity contribution in [2.24, 2.45) is 0 Å². The highest BCUT2D eigenvalue weighted by molar-refractivity contribution is 5.95. The number of nitrogen functional groups attached to an aromatic ring is 1. The smallest absolute Gasteiger partial charge is 0.387 e. The van der Waals surface area contributed by atoms with Gasteiger partial charge in [0.05, 0.1) is 18.1 Å². The number of rotatable bonds is 9. The maximum Gasteiger partial charge on any atom is 0.387 e. The van der Waals surface area contributed by atoms with E-state index in [1.807, 2.05) is 29.7 Å². The largest absolute Gasteiger partial charge is 0.433 e. The van der Waals surface area contributed by atoms with Crippen LogP contribution in [0.2, 0.25) is 0 Å². The fraction of sp³-hybridized carbons (Fsp3) is 0.280. The minimum Gasteiger partial charge on any atom is -0.433 e. The number of halogens is 2. The topological polar surface area (TPSA) is 116 Å². The Hall–Kier alpha value is -4.08. The second kappa shape index (κ2) is 10.0. The Morgan fingerprint density at radius 3 is 2.69 bits per heavy atom. The summed E-state index contributed by atoms with van der Waals surface area (Å²) in [6.45, 7) is 0.589. The number of benzene rings is 2. The van der Waals surface area contributed by atoms with Gasteiger partial charge in [-0.15, -0.1) is 0 Å². The van der Waals surface area contributed by atoms with Crippen molar-refractivity contribution in [3.63, 3.8) is 0 Å². The van der Waals surface area contributed by atoms with Crippen LogP contribution in [0.3, 0.4) is 0 Å². The molecule has 4 aromatic rings. The number of anilines is 1. The highest BCUT2D eigenvalue weighted by Gasteiger charge is 2.22. The lowest BCUT2D eigenvalue weighted by Crippen LogP contribution is -2.17. The van der Waals surface area contributed by atoms with Crippen LogP contribution < -0.4 is 16.0 Å². The van der Waals surface area contributed by atoms with Crippen LogP contribution in [-0.4, -0.2) is 31.9 Å². The molecule has 1 unspecified atom stereocenters. The summed E-state index contributed by atoms with van der Waals surface area (Å²) >= 11 is 0. The molecule has 4 rings (SSSR count). The molecule has 0 aliphatic heterocycles. The molecular formula is C25H25F2N5O3. The Bertz CT molecular complexity index is 1430. The van der Waals surface area contributed by atoms with E-state index in [0.29, 0.717) is 29.0 Å². The van der Waals surface area contributed by atoms with Crippen LogP contribution in [-0.2, 0) is 6.42 Å². The van der Waals surface area contributed by atoms with Gasteiger partial charge in [-0.25, -0.2) is 9.97 Å². The normalized spacial score (nSPS) is 12.3. The third-order valence-corrected chi connectivity index (χ3v) is 5.74. The molecule has 3 N–H and O–H groups in total. The van der Waals surface area contributed by atoms with Crippen LogP contribution in [0.5, 0.6) is 5.75 Å². The summed E-state index contributed by atoms with van der Waals surface area (Å²) in [5.41, 5.74) is 8.18. The first-order valence-corrected chi connectivity index (χ1v) is 11.2. The average Bonchev–Trinajstić information content (AvgIpc) is 3.23. The lowest BCUT2D eigenvalue weighted by molar-refractivity contribution is -0.0493. The van der Waals surface area contributed by atoms with Gasteiger partial charge in [0, 0.05) is 12.0 Å². The highest BCUT2D eigenvalue weighted by atomic mass is 19.3. The molecule has 0 aliphatic carbocycles. The number of hydrogen-bond donors (Lipinski definition) is 2. The van der Waals surface area contributed by atoms with Gasteiger partial charge in [-0.05, 0) is 36.6 Å². The number of ketones is 1. The molecule has 0 saturated carbocycles. The van der Waals surface area contributed by atoms with Gasteiger partial charge in [-0.3, -0.25) is 9.59 Å². The Morgan fingerprint density at radius 1 is 1.23 bits per heavy atom. The summed E-state index contributed by atoms with van der Waals surface area (Å²) < 4.78 is 31.2. The Kier molecular flexibility index (Phi) is 6.90. The van der Waals surface area contributed by atoms with E-state index in [2.05, 4.69) is 19.7 Å². The first kappa shape index (κ1) is 24.1. The second-order valence-electron chi connectivity index (χ2n) is 8.21. The minimum absolute atomic E-state index is 0.0468. The van der Waals surface area contributed by atoms with Gasteiger partial charge in [-0.2, -0.15) is 8.78 Å². The van der Waals surface area contributed by atoms with Crippen molar-refractivity contribution in [3.05, 3.63) is 81.7 Å². The van der Waals surface area contributed by atoms with Crippen molar-refractivity contribution in [3.8, 4) is 5.75 Å². The zero-order chi connectivity index (χ0) is 25.1. The molecule has 10 heteroatoms. The molecule has 182 valence electrons. The van der Waals surface area contributed by atoms with Gasteiger partial charge in [0.2, 0.25) is 0 Å². The number of nitrogens with one attached hydrogen (secondary N) is 1. The summed E-state index contributed by atoms with van der Waals surface area (Å²) in [6, 6.07) is 11.6. The van der Waals surface area contributed by atoms with Crippen molar-refractivity contribution in [1.29, 1.82) is 0 Å². The molecule has 35 heavy (non-hydrogen) atoms. The predicted molar refractivity (Wildman–Crippen MR) is 128 cm³/mol. The zero-order valence-corrected chi connectivity index (χ0v) is 19.3. The Labute approximate surface area is 199 Å². The number of Topliss-reactive ketones (excluding diaryl/α,β-unsaturated/α-hetero) is 1. The van der Waals surface area contributed by atoms with E-state index < -0.39 is 12.2 Å². The molecule has 0 saturated heterocycles.